The lowest BCUT2D eigenvalue weighted by Crippen LogP contribution is -2.34. The zero-order valence-electron chi connectivity index (χ0n) is 22.7. The molecule has 204 valence electrons. The van der Waals surface area contributed by atoms with Crippen LogP contribution >= 0.6 is 0 Å². The Hall–Kier alpha value is -2.31. The van der Waals surface area contributed by atoms with Crippen LogP contribution in [0.4, 0.5) is 0 Å². The second-order valence-electron chi connectivity index (χ2n) is 9.95. The Morgan fingerprint density at radius 1 is 0.714 bits per heavy atom. The molecule has 0 heterocycles. The van der Waals surface area contributed by atoms with Crippen LogP contribution in [-0.4, -0.2) is 107 Å². The van der Waals surface area contributed by atoms with Crippen LogP contribution in [0.1, 0.15) is 26.7 Å². The molecule has 2 amide bonds. The van der Waals surface area contributed by atoms with Crippen molar-refractivity contribution >= 4 is 22.2 Å². The summed E-state index contributed by atoms with van der Waals surface area (Å²) in [6.45, 7) is 13.9. The SMILES string of the molecule is C=C(C)C(=O)NCCC=CC[N+](C)(C)C.C=C(C)C(=O)NCCC=CC[N+](C)(C)C.O=S(=O)([O-])[O-]. The number of likely N-dealkylation sites (N-methyl/N-ethyl adjacent to an activating group) is 2. The van der Waals surface area contributed by atoms with Crippen LogP contribution in [0.25, 0.3) is 0 Å². The van der Waals surface area contributed by atoms with E-state index < -0.39 is 10.4 Å². The molecule has 0 radical (unpaired) electrons. The summed E-state index contributed by atoms with van der Waals surface area (Å²) in [6.07, 6.45) is 10.2. The van der Waals surface area contributed by atoms with E-state index in [4.69, 9.17) is 17.5 Å². The van der Waals surface area contributed by atoms with E-state index in [0.29, 0.717) is 24.2 Å². The normalized spacial score (nSPS) is 11.7. The molecule has 0 aromatic carbocycles. The summed E-state index contributed by atoms with van der Waals surface area (Å²) in [5.41, 5.74) is 1.12. The van der Waals surface area contributed by atoms with Gasteiger partial charge in [0.1, 0.15) is 0 Å². The Morgan fingerprint density at radius 2 is 0.971 bits per heavy atom. The van der Waals surface area contributed by atoms with Crippen molar-refractivity contribution in [3.8, 4) is 0 Å². The molecule has 0 aromatic rings. The van der Waals surface area contributed by atoms with Gasteiger partial charge in [0, 0.05) is 34.6 Å². The number of quaternary nitrogens is 2. The summed E-state index contributed by atoms with van der Waals surface area (Å²) in [5, 5.41) is 5.57. The fraction of sp³-hybridized carbons (Fsp3) is 0.583. The molecule has 0 aliphatic rings. The standard InChI is InChI=1S/2C12H22N2O.H2O4S/c2*1-11(2)12(15)13-9-7-6-8-10-14(3,4)5;1-5(2,3)4/h2*6,8H,1,7,9-10H2,2-5H3;(H2,1,2,3,4). The summed E-state index contributed by atoms with van der Waals surface area (Å²) in [5.74, 6) is -0.120. The summed E-state index contributed by atoms with van der Waals surface area (Å²) in [6, 6.07) is 0. The lowest BCUT2D eigenvalue weighted by Gasteiger charge is -2.21. The van der Waals surface area contributed by atoms with Gasteiger partial charge in [0.05, 0.1) is 55.4 Å². The number of amides is 2. The van der Waals surface area contributed by atoms with Crippen LogP contribution in [-0.2, 0) is 20.0 Å². The van der Waals surface area contributed by atoms with Crippen molar-refractivity contribution in [2.45, 2.75) is 26.7 Å². The molecule has 0 saturated carbocycles. The molecule has 0 atom stereocenters. The Bertz CT molecular complexity index is 758. The highest BCUT2D eigenvalue weighted by atomic mass is 32.3. The summed E-state index contributed by atoms with van der Waals surface area (Å²) in [4.78, 5) is 22.2. The molecule has 0 aliphatic carbocycles. The third-order valence-corrected chi connectivity index (χ3v) is 3.61. The average Bonchev–Trinajstić information content (AvgIpc) is 2.64. The van der Waals surface area contributed by atoms with Crippen molar-refractivity contribution in [2.75, 3.05) is 68.5 Å². The molecule has 0 unspecified atom stereocenters. The zero-order chi connectivity index (χ0) is 28.3. The van der Waals surface area contributed by atoms with Gasteiger partial charge in [-0.25, -0.2) is 0 Å². The van der Waals surface area contributed by atoms with E-state index in [2.05, 4.69) is 90.4 Å². The van der Waals surface area contributed by atoms with Crippen molar-refractivity contribution in [1.29, 1.82) is 0 Å². The quantitative estimate of drug-likeness (QED) is 0.0998. The molecule has 0 saturated heterocycles. The van der Waals surface area contributed by atoms with Gasteiger partial charge in [-0.3, -0.25) is 18.0 Å². The third kappa shape index (κ3) is 42.3. The van der Waals surface area contributed by atoms with E-state index in [-0.39, 0.29) is 11.8 Å². The molecule has 0 fully saturated rings. The number of nitrogens with zero attached hydrogens (tertiary/aromatic N) is 2. The van der Waals surface area contributed by atoms with Crippen LogP contribution in [0, 0.1) is 0 Å². The molecule has 0 bridgehead atoms. The molecular weight excluding hydrogens is 472 g/mol. The van der Waals surface area contributed by atoms with Crippen molar-refractivity contribution in [1.82, 2.24) is 10.6 Å². The van der Waals surface area contributed by atoms with Gasteiger partial charge in [-0.2, -0.15) is 0 Å². The number of rotatable bonds is 12. The summed E-state index contributed by atoms with van der Waals surface area (Å²) >= 11 is 0. The van der Waals surface area contributed by atoms with Crippen LogP contribution < -0.4 is 10.6 Å². The van der Waals surface area contributed by atoms with E-state index in [1.54, 1.807) is 13.8 Å². The molecule has 35 heavy (non-hydrogen) atoms. The lowest BCUT2D eigenvalue weighted by atomic mass is 10.3. The highest BCUT2D eigenvalue weighted by Gasteiger charge is 2.03. The summed E-state index contributed by atoms with van der Waals surface area (Å²) in [7, 11) is 7.71. The van der Waals surface area contributed by atoms with Gasteiger partial charge in [-0.05, 0) is 38.8 Å². The second kappa shape index (κ2) is 18.9. The van der Waals surface area contributed by atoms with Crippen LogP contribution in [0.15, 0.2) is 48.6 Å². The number of nitrogens with one attached hydrogen (secondary N) is 2. The highest BCUT2D eigenvalue weighted by Crippen LogP contribution is 1.93. The van der Waals surface area contributed by atoms with Gasteiger partial charge in [-0.15, -0.1) is 0 Å². The number of hydrogen-bond acceptors (Lipinski definition) is 6. The maximum atomic E-state index is 11.1. The minimum absolute atomic E-state index is 0.0602. The van der Waals surface area contributed by atoms with Crippen LogP contribution in [0.2, 0.25) is 0 Å². The Morgan fingerprint density at radius 3 is 1.17 bits per heavy atom. The fourth-order valence-electron chi connectivity index (χ4n) is 1.86. The van der Waals surface area contributed by atoms with E-state index in [1.165, 1.54) is 0 Å². The number of carbonyl (C=O) groups is 2. The van der Waals surface area contributed by atoms with E-state index in [1.807, 2.05) is 0 Å². The summed E-state index contributed by atoms with van der Waals surface area (Å²) < 4.78 is 35.9. The van der Waals surface area contributed by atoms with E-state index in [0.717, 1.165) is 34.9 Å². The first-order valence-corrected chi connectivity index (χ1v) is 12.4. The first-order chi connectivity index (χ1) is 15.7. The largest absolute Gasteiger partial charge is 0.759 e. The van der Waals surface area contributed by atoms with Crippen molar-refractivity contribution < 1.29 is 36.1 Å². The van der Waals surface area contributed by atoms with E-state index in [9.17, 15) is 9.59 Å². The zero-order valence-corrected chi connectivity index (χ0v) is 23.5. The Kier molecular flexibility index (Phi) is 20.2. The molecule has 2 N–H and O–H groups in total. The van der Waals surface area contributed by atoms with Crippen molar-refractivity contribution in [3.63, 3.8) is 0 Å². The number of carbonyl (C=O) groups excluding carboxylic acids is 2. The maximum absolute atomic E-state index is 11.1. The fourth-order valence-corrected chi connectivity index (χ4v) is 1.86. The van der Waals surface area contributed by atoms with Gasteiger partial charge in [0.25, 0.3) is 0 Å². The first kappa shape index (κ1) is 37.2. The molecule has 0 rings (SSSR count). The first-order valence-electron chi connectivity index (χ1n) is 11.1. The number of hydrogen-bond donors (Lipinski definition) is 2. The minimum Gasteiger partial charge on any atom is -0.759 e. The monoisotopic (exact) mass is 518 g/mol. The molecule has 0 spiro atoms. The van der Waals surface area contributed by atoms with Crippen molar-refractivity contribution in [3.05, 3.63) is 48.6 Å². The second-order valence-corrected chi connectivity index (χ2v) is 10.8. The maximum Gasteiger partial charge on any atom is 0.246 e. The molecule has 10 nitrogen and oxygen atoms in total. The molecule has 0 aliphatic heterocycles. The topological polar surface area (TPSA) is 138 Å². The predicted molar refractivity (Wildman–Crippen MR) is 139 cm³/mol. The third-order valence-electron chi connectivity index (χ3n) is 3.61. The van der Waals surface area contributed by atoms with Crippen LogP contribution in [0.5, 0.6) is 0 Å². The predicted octanol–water partition coefficient (Wildman–Crippen LogP) is 1.32. The molecular formula is C24H46N4O6S. The smallest absolute Gasteiger partial charge is 0.246 e. The Labute approximate surface area is 212 Å². The van der Waals surface area contributed by atoms with Crippen molar-refractivity contribution in [2.24, 2.45) is 0 Å². The molecule has 0 aromatic heterocycles. The molecule has 11 heteroatoms. The van der Waals surface area contributed by atoms with E-state index >= 15 is 0 Å². The van der Waals surface area contributed by atoms with Crippen LogP contribution in [0.3, 0.4) is 0 Å². The van der Waals surface area contributed by atoms with Gasteiger partial charge in [0.2, 0.25) is 11.8 Å². The van der Waals surface area contributed by atoms with Gasteiger partial charge < -0.3 is 28.7 Å². The average molecular weight is 519 g/mol. The van der Waals surface area contributed by atoms with Gasteiger partial charge >= 0.3 is 0 Å². The van der Waals surface area contributed by atoms with Gasteiger partial charge in [0.15, 0.2) is 0 Å². The highest BCUT2D eigenvalue weighted by molar-refractivity contribution is 7.79. The lowest BCUT2D eigenvalue weighted by molar-refractivity contribution is -0.864. The van der Waals surface area contributed by atoms with Gasteiger partial charge in [-0.1, -0.05) is 25.3 Å². The minimum atomic E-state index is -5.17. The Balaban J connectivity index is -0.000000491.